The Balaban J connectivity index is 1.51. The fourth-order valence-electron chi connectivity index (χ4n) is 3.62. The van der Waals surface area contributed by atoms with Crippen LogP contribution in [0.25, 0.3) is 0 Å². The van der Waals surface area contributed by atoms with Gasteiger partial charge in [0, 0.05) is 18.8 Å². The molecule has 3 fully saturated rings. The van der Waals surface area contributed by atoms with Crippen molar-refractivity contribution in [3.05, 3.63) is 35.6 Å². The Labute approximate surface area is 135 Å². The van der Waals surface area contributed by atoms with Crippen LogP contribution < -0.4 is 0 Å². The first-order valence-corrected chi connectivity index (χ1v) is 8.52. The number of likely N-dealkylation sites (tertiary alicyclic amines) is 1. The Morgan fingerprint density at radius 1 is 1.35 bits per heavy atom. The molecule has 0 unspecified atom stereocenters. The summed E-state index contributed by atoms with van der Waals surface area (Å²) in [6.07, 6.45) is 4.26. The SMILES string of the molecule is O=C(c1cccc(F)c1)N1C[C@H](OCC2CC2)[C@H]2OCCC[C@H]21. The third kappa shape index (κ3) is 3.12. The van der Waals surface area contributed by atoms with Crippen molar-refractivity contribution in [2.45, 2.75) is 43.9 Å². The molecular formula is C18H22FNO3. The molecule has 0 radical (unpaired) electrons. The highest BCUT2D eigenvalue weighted by Crippen LogP contribution is 2.34. The predicted molar refractivity (Wildman–Crippen MR) is 82.7 cm³/mol. The summed E-state index contributed by atoms with van der Waals surface area (Å²) in [5, 5.41) is 0. The van der Waals surface area contributed by atoms with Gasteiger partial charge in [0.05, 0.1) is 12.6 Å². The zero-order chi connectivity index (χ0) is 15.8. The number of carbonyl (C=O) groups is 1. The van der Waals surface area contributed by atoms with Crippen molar-refractivity contribution >= 4 is 5.91 Å². The number of hydrogen-bond acceptors (Lipinski definition) is 3. The van der Waals surface area contributed by atoms with Gasteiger partial charge in [0.2, 0.25) is 0 Å². The Kier molecular flexibility index (Phi) is 4.07. The number of hydrogen-bond donors (Lipinski definition) is 0. The Hall–Kier alpha value is -1.46. The normalized spacial score (nSPS) is 30.3. The third-order valence-corrected chi connectivity index (χ3v) is 5.05. The molecule has 23 heavy (non-hydrogen) atoms. The molecule has 0 aromatic heterocycles. The van der Waals surface area contributed by atoms with Crippen molar-refractivity contribution in [1.29, 1.82) is 0 Å². The smallest absolute Gasteiger partial charge is 0.254 e. The van der Waals surface area contributed by atoms with Crippen molar-refractivity contribution in [1.82, 2.24) is 4.90 Å². The van der Waals surface area contributed by atoms with E-state index in [4.69, 9.17) is 9.47 Å². The number of carbonyl (C=O) groups excluding carboxylic acids is 1. The van der Waals surface area contributed by atoms with Crippen molar-refractivity contribution < 1.29 is 18.7 Å². The zero-order valence-electron chi connectivity index (χ0n) is 13.1. The van der Waals surface area contributed by atoms with Crippen LogP contribution in [0.15, 0.2) is 24.3 Å². The molecule has 4 nitrogen and oxygen atoms in total. The summed E-state index contributed by atoms with van der Waals surface area (Å²) in [5.74, 6) is 0.181. The van der Waals surface area contributed by atoms with Gasteiger partial charge in [-0.25, -0.2) is 4.39 Å². The standard InChI is InChI=1S/C18H22FNO3/c19-14-4-1-3-13(9-14)18(21)20-10-16(23-11-12-6-7-12)17-15(20)5-2-8-22-17/h1,3-4,9,12,15-17H,2,5-8,10-11H2/t15-,16+,17+/m1/s1. The van der Waals surface area contributed by atoms with E-state index in [2.05, 4.69) is 0 Å². The lowest BCUT2D eigenvalue weighted by Crippen LogP contribution is -2.44. The molecule has 0 N–H and O–H groups in total. The van der Waals surface area contributed by atoms with Crippen LogP contribution in [0.4, 0.5) is 4.39 Å². The molecule has 124 valence electrons. The fourth-order valence-corrected chi connectivity index (χ4v) is 3.62. The van der Waals surface area contributed by atoms with E-state index in [0.717, 1.165) is 26.1 Å². The first-order valence-electron chi connectivity index (χ1n) is 8.52. The van der Waals surface area contributed by atoms with E-state index in [1.54, 1.807) is 12.1 Å². The monoisotopic (exact) mass is 319 g/mol. The molecule has 2 aliphatic heterocycles. The van der Waals surface area contributed by atoms with Crippen molar-refractivity contribution in [2.24, 2.45) is 5.92 Å². The second kappa shape index (κ2) is 6.21. The average Bonchev–Trinajstić information content (AvgIpc) is 3.33. The Morgan fingerprint density at radius 2 is 2.22 bits per heavy atom. The lowest BCUT2D eigenvalue weighted by molar-refractivity contribution is -0.0781. The van der Waals surface area contributed by atoms with Crippen molar-refractivity contribution in [2.75, 3.05) is 19.8 Å². The van der Waals surface area contributed by atoms with Gasteiger partial charge in [-0.05, 0) is 49.8 Å². The van der Waals surface area contributed by atoms with Crippen LogP contribution in [0.3, 0.4) is 0 Å². The van der Waals surface area contributed by atoms with Gasteiger partial charge in [0.15, 0.2) is 0 Å². The molecular weight excluding hydrogens is 297 g/mol. The highest BCUT2D eigenvalue weighted by atomic mass is 19.1. The molecule has 1 aromatic carbocycles. The van der Waals surface area contributed by atoms with Gasteiger partial charge < -0.3 is 14.4 Å². The van der Waals surface area contributed by atoms with Crippen LogP contribution in [0.1, 0.15) is 36.0 Å². The molecule has 3 atom stereocenters. The summed E-state index contributed by atoms with van der Waals surface area (Å²) in [6, 6.07) is 5.95. The number of rotatable bonds is 4. The van der Waals surface area contributed by atoms with Crippen LogP contribution in [-0.4, -0.2) is 48.8 Å². The lowest BCUT2D eigenvalue weighted by atomic mass is 10.0. The van der Waals surface area contributed by atoms with Crippen molar-refractivity contribution in [3.63, 3.8) is 0 Å². The second-order valence-electron chi connectivity index (χ2n) is 6.83. The van der Waals surface area contributed by atoms with Gasteiger partial charge in [-0.1, -0.05) is 6.07 Å². The number of halogens is 1. The topological polar surface area (TPSA) is 38.8 Å². The molecule has 5 heteroatoms. The molecule has 1 amide bonds. The van der Waals surface area contributed by atoms with Gasteiger partial charge in [-0.2, -0.15) is 0 Å². The minimum Gasteiger partial charge on any atom is -0.373 e. The van der Waals surface area contributed by atoms with Gasteiger partial charge >= 0.3 is 0 Å². The summed E-state index contributed by atoms with van der Waals surface area (Å²) in [7, 11) is 0. The van der Waals surface area contributed by atoms with Crippen LogP contribution in [0, 0.1) is 11.7 Å². The lowest BCUT2D eigenvalue weighted by Gasteiger charge is -2.32. The number of amides is 1. The highest BCUT2D eigenvalue weighted by Gasteiger charge is 2.47. The van der Waals surface area contributed by atoms with E-state index in [0.29, 0.717) is 18.0 Å². The van der Waals surface area contributed by atoms with Gasteiger partial charge in [0.1, 0.15) is 18.0 Å². The summed E-state index contributed by atoms with van der Waals surface area (Å²) in [4.78, 5) is 14.6. The fraction of sp³-hybridized carbons (Fsp3) is 0.611. The first kappa shape index (κ1) is 15.1. The van der Waals surface area contributed by atoms with E-state index < -0.39 is 0 Å². The molecule has 1 aliphatic carbocycles. The molecule has 2 saturated heterocycles. The minimum atomic E-state index is -0.381. The van der Waals surface area contributed by atoms with E-state index >= 15 is 0 Å². The molecule has 2 heterocycles. The van der Waals surface area contributed by atoms with Gasteiger partial charge in [-0.3, -0.25) is 4.79 Å². The number of fused-ring (bicyclic) bond motifs is 1. The maximum Gasteiger partial charge on any atom is 0.254 e. The summed E-state index contributed by atoms with van der Waals surface area (Å²) in [6.45, 7) is 2.03. The summed E-state index contributed by atoms with van der Waals surface area (Å²) in [5.41, 5.74) is 0.400. The van der Waals surface area contributed by atoms with Crippen LogP contribution >= 0.6 is 0 Å². The summed E-state index contributed by atoms with van der Waals surface area (Å²) < 4.78 is 25.4. The maximum absolute atomic E-state index is 13.4. The number of benzene rings is 1. The second-order valence-corrected chi connectivity index (χ2v) is 6.83. The molecule has 1 aromatic rings. The quantitative estimate of drug-likeness (QED) is 0.856. The first-order chi connectivity index (χ1) is 11.2. The van der Waals surface area contributed by atoms with E-state index in [1.165, 1.54) is 25.0 Å². The van der Waals surface area contributed by atoms with Crippen LogP contribution in [-0.2, 0) is 9.47 Å². The Bertz CT molecular complexity index is 589. The van der Waals surface area contributed by atoms with Gasteiger partial charge in [-0.15, -0.1) is 0 Å². The largest absolute Gasteiger partial charge is 0.373 e. The molecule has 3 aliphatic rings. The van der Waals surface area contributed by atoms with Crippen LogP contribution in [0.2, 0.25) is 0 Å². The zero-order valence-corrected chi connectivity index (χ0v) is 13.1. The molecule has 4 rings (SSSR count). The maximum atomic E-state index is 13.4. The molecule has 0 spiro atoms. The van der Waals surface area contributed by atoms with Crippen molar-refractivity contribution in [3.8, 4) is 0 Å². The van der Waals surface area contributed by atoms with Gasteiger partial charge in [0.25, 0.3) is 5.91 Å². The predicted octanol–water partition coefficient (Wildman–Crippen LogP) is 2.62. The number of nitrogens with zero attached hydrogens (tertiary/aromatic N) is 1. The molecule has 0 bridgehead atoms. The van der Waals surface area contributed by atoms with E-state index in [9.17, 15) is 9.18 Å². The average molecular weight is 319 g/mol. The molecule has 1 saturated carbocycles. The van der Waals surface area contributed by atoms with E-state index in [1.807, 2.05) is 4.90 Å². The van der Waals surface area contributed by atoms with E-state index in [-0.39, 0.29) is 30.0 Å². The highest BCUT2D eigenvalue weighted by molar-refractivity contribution is 5.94. The van der Waals surface area contributed by atoms with Crippen LogP contribution in [0.5, 0.6) is 0 Å². The third-order valence-electron chi connectivity index (χ3n) is 5.05. The minimum absolute atomic E-state index is 0.0417. The summed E-state index contributed by atoms with van der Waals surface area (Å²) >= 11 is 0. The number of ether oxygens (including phenoxy) is 2. The Morgan fingerprint density at radius 3 is 3.00 bits per heavy atom.